The number of rotatable bonds is 5. The third-order valence-electron chi connectivity index (χ3n) is 2.95. The summed E-state index contributed by atoms with van der Waals surface area (Å²) in [5, 5.41) is 0. The highest BCUT2D eigenvalue weighted by molar-refractivity contribution is 14.1. The van der Waals surface area contributed by atoms with Gasteiger partial charge >= 0.3 is 0 Å². The number of anilines is 1. The molecule has 20 heavy (non-hydrogen) atoms. The summed E-state index contributed by atoms with van der Waals surface area (Å²) in [6, 6.07) is 0. The Morgan fingerprint density at radius 3 is 2.75 bits per heavy atom. The summed E-state index contributed by atoms with van der Waals surface area (Å²) in [5.41, 5.74) is 7.99. The van der Waals surface area contributed by atoms with Crippen LogP contribution in [0, 0.1) is 9.49 Å². The van der Waals surface area contributed by atoms with Gasteiger partial charge in [0.2, 0.25) is 0 Å². The van der Waals surface area contributed by atoms with E-state index < -0.39 is 0 Å². The van der Waals surface area contributed by atoms with E-state index in [1.807, 2.05) is 6.33 Å². The van der Waals surface area contributed by atoms with Gasteiger partial charge in [0.25, 0.3) is 0 Å². The predicted molar refractivity (Wildman–Crippen MR) is 89.2 cm³/mol. The van der Waals surface area contributed by atoms with Crippen molar-refractivity contribution in [2.24, 2.45) is 5.92 Å². The summed E-state index contributed by atoms with van der Waals surface area (Å²) in [4.78, 5) is 13.3. The second-order valence-corrected chi connectivity index (χ2v) is 6.34. The molecule has 108 valence electrons. The van der Waals surface area contributed by atoms with Crippen LogP contribution >= 0.6 is 22.6 Å². The minimum absolute atomic E-state index is 0.534. The van der Waals surface area contributed by atoms with Crippen molar-refractivity contribution in [3.8, 4) is 11.5 Å². The van der Waals surface area contributed by atoms with E-state index in [2.05, 4.69) is 57.9 Å². The van der Waals surface area contributed by atoms with Crippen molar-refractivity contribution >= 4 is 28.4 Å². The lowest BCUT2D eigenvalue weighted by atomic mass is 10.1. The van der Waals surface area contributed by atoms with E-state index >= 15 is 0 Å². The zero-order chi connectivity index (χ0) is 14.7. The SMILES string of the molecule is CCCn1cncc1-c1nc(N)c(I)c(CC(C)C)n1. The van der Waals surface area contributed by atoms with Crippen molar-refractivity contribution < 1.29 is 0 Å². The van der Waals surface area contributed by atoms with Gasteiger partial charge < -0.3 is 10.3 Å². The van der Waals surface area contributed by atoms with Crippen LogP contribution in [0.5, 0.6) is 0 Å². The fraction of sp³-hybridized carbons (Fsp3) is 0.500. The second-order valence-electron chi connectivity index (χ2n) is 5.26. The molecule has 0 aliphatic rings. The highest BCUT2D eigenvalue weighted by atomic mass is 127. The quantitative estimate of drug-likeness (QED) is 0.803. The van der Waals surface area contributed by atoms with E-state index in [1.165, 1.54) is 0 Å². The smallest absolute Gasteiger partial charge is 0.180 e. The first-order valence-electron chi connectivity index (χ1n) is 6.85. The minimum Gasteiger partial charge on any atom is -0.383 e. The Kier molecular flexibility index (Phi) is 4.95. The summed E-state index contributed by atoms with van der Waals surface area (Å²) >= 11 is 2.23. The van der Waals surface area contributed by atoms with Gasteiger partial charge in [0.1, 0.15) is 11.5 Å². The molecular formula is C14H20IN5. The second kappa shape index (κ2) is 6.51. The molecule has 2 rings (SSSR count). The van der Waals surface area contributed by atoms with Crippen LogP contribution in [0.4, 0.5) is 5.82 Å². The van der Waals surface area contributed by atoms with Gasteiger partial charge in [-0.2, -0.15) is 0 Å². The molecule has 5 nitrogen and oxygen atoms in total. The fourth-order valence-corrected chi connectivity index (χ4v) is 2.54. The number of hydrogen-bond acceptors (Lipinski definition) is 4. The van der Waals surface area contributed by atoms with Crippen molar-refractivity contribution in [1.82, 2.24) is 19.5 Å². The molecule has 0 bridgehead atoms. The molecule has 0 spiro atoms. The number of halogens is 1. The third-order valence-corrected chi connectivity index (χ3v) is 4.13. The lowest BCUT2D eigenvalue weighted by molar-refractivity contribution is 0.631. The molecule has 0 saturated carbocycles. The highest BCUT2D eigenvalue weighted by Crippen LogP contribution is 2.24. The van der Waals surface area contributed by atoms with Gasteiger partial charge in [-0.15, -0.1) is 0 Å². The topological polar surface area (TPSA) is 69.6 Å². The van der Waals surface area contributed by atoms with Gasteiger partial charge in [-0.3, -0.25) is 0 Å². The maximum absolute atomic E-state index is 6.04. The summed E-state index contributed by atoms with van der Waals surface area (Å²) in [5.74, 6) is 1.76. The molecule has 0 radical (unpaired) electrons. The zero-order valence-corrected chi connectivity index (χ0v) is 14.3. The first-order chi connectivity index (χ1) is 9.52. The third kappa shape index (κ3) is 3.28. The molecular weight excluding hydrogens is 365 g/mol. The molecule has 0 atom stereocenters. The Morgan fingerprint density at radius 2 is 2.10 bits per heavy atom. The maximum atomic E-state index is 6.04. The molecule has 2 heterocycles. The molecule has 0 unspecified atom stereocenters. The van der Waals surface area contributed by atoms with E-state index in [0.29, 0.717) is 17.6 Å². The van der Waals surface area contributed by atoms with Gasteiger partial charge in [0.15, 0.2) is 5.82 Å². The average molecular weight is 385 g/mol. The number of hydrogen-bond donors (Lipinski definition) is 1. The number of nitrogens with two attached hydrogens (primary N) is 1. The van der Waals surface area contributed by atoms with Crippen molar-refractivity contribution in [3.63, 3.8) is 0 Å². The molecule has 0 aromatic carbocycles. The Bertz CT molecular complexity index is 591. The molecule has 0 fully saturated rings. The van der Waals surface area contributed by atoms with Crippen LogP contribution in [-0.4, -0.2) is 19.5 Å². The average Bonchev–Trinajstić information content (AvgIpc) is 2.83. The van der Waals surface area contributed by atoms with E-state index in [9.17, 15) is 0 Å². The van der Waals surface area contributed by atoms with Crippen LogP contribution < -0.4 is 5.73 Å². The Balaban J connectivity index is 2.46. The molecule has 0 aliphatic carbocycles. The first-order valence-corrected chi connectivity index (χ1v) is 7.93. The van der Waals surface area contributed by atoms with Crippen molar-refractivity contribution in [3.05, 3.63) is 21.8 Å². The lowest BCUT2D eigenvalue weighted by Gasteiger charge is -2.12. The van der Waals surface area contributed by atoms with Crippen LogP contribution in [0.15, 0.2) is 12.5 Å². The summed E-state index contributed by atoms with van der Waals surface area (Å²) in [6.45, 7) is 7.39. The van der Waals surface area contributed by atoms with Gasteiger partial charge in [-0.05, 0) is 41.4 Å². The zero-order valence-electron chi connectivity index (χ0n) is 12.1. The first kappa shape index (κ1) is 15.2. The van der Waals surface area contributed by atoms with E-state index in [0.717, 1.165) is 34.3 Å². The van der Waals surface area contributed by atoms with Crippen molar-refractivity contribution in [2.45, 2.75) is 40.2 Å². The van der Waals surface area contributed by atoms with Gasteiger partial charge in [0, 0.05) is 6.54 Å². The van der Waals surface area contributed by atoms with E-state index in [-0.39, 0.29) is 0 Å². The maximum Gasteiger partial charge on any atom is 0.180 e. The lowest BCUT2D eigenvalue weighted by Crippen LogP contribution is -2.09. The monoisotopic (exact) mass is 385 g/mol. The van der Waals surface area contributed by atoms with E-state index in [1.54, 1.807) is 6.20 Å². The standard InChI is InChI=1S/C14H20IN5/c1-4-5-20-8-17-7-11(20)14-18-10(6-9(2)3)12(15)13(16)19-14/h7-9H,4-6H2,1-3H3,(H2,16,18,19). The summed E-state index contributed by atoms with van der Waals surface area (Å²) < 4.78 is 3.03. The summed E-state index contributed by atoms with van der Waals surface area (Å²) in [7, 11) is 0. The Labute approximate surface area is 133 Å². The number of nitrogen functional groups attached to an aromatic ring is 1. The van der Waals surface area contributed by atoms with Crippen LogP contribution in [0.3, 0.4) is 0 Å². The summed E-state index contributed by atoms with van der Waals surface area (Å²) in [6.07, 6.45) is 5.57. The van der Waals surface area contributed by atoms with Crippen molar-refractivity contribution in [1.29, 1.82) is 0 Å². The molecule has 0 amide bonds. The number of imidazole rings is 1. The largest absolute Gasteiger partial charge is 0.383 e. The van der Waals surface area contributed by atoms with Gasteiger partial charge in [-0.1, -0.05) is 20.8 Å². The van der Waals surface area contributed by atoms with Crippen molar-refractivity contribution in [2.75, 3.05) is 5.73 Å². The van der Waals surface area contributed by atoms with Crippen LogP contribution in [0.2, 0.25) is 0 Å². The van der Waals surface area contributed by atoms with Crippen LogP contribution in [0.1, 0.15) is 32.9 Å². The number of nitrogens with zero attached hydrogens (tertiary/aromatic N) is 4. The fourth-order valence-electron chi connectivity index (χ4n) is 2.08. The van der Waals surface area contributed by atoms with E-state index in [4.69, 9.17) is 10.7 Å². The highest BCUT2D eigenvalue weighted by Gasteiger charge is 2.15. The number of aryl methyl sites for hydroxylation is 1. The van der Waals surface area contributed by atoms with Gasteiger partial charge in [0.05, 0.1) is 21.8 Å². The molecule has 2 aromatic heterocycles. The molecule has 2 N–H and O–H groups in total. The molecule has 0 saturated heterocycles. The normalized spacial score (nSPS) is 11.2. The number of aromatic nitrogens is 4. The Hall–Kier alpha value is -1.18. The Morgan fingerprint density at radius 1 is 1.35 bits per heavy atom. The predicted octanol–water partition coefficient (Wildman–Crippen LogP) is 3.14. The van der Waals surface area contributed by atoms with Crippen LogP contribution in [-0.2, 0) is 13.0 Å². The molecule has 0 aliphatic heterocycles. The molecule has 2 aromatic rings. The minimum atomic E-state index is 0.534. The molecule has 6 heteroatoms. The van der Waals surface area contributed by atoms with Gasteiger partial charge in [-0.25, -0.2) is 15.0 Å². The van der Waals surface area contributed by atoms with Crippen LogP contribution in [0.25, 0.3) is 11.5 Å².